The molecule has 0 fully saturated rings. The molecular weight excluding hydrogens is 232 g/mol. The zero-order valence-electron chi connectivity index (χ0n) is 9.31. The molecule has 17 heavy (non-hydrogen) atoms. The van der Waals surface area contributed by atoms with Gasteiger partial charge in [-0.2, -0.15) is 0 Å². The minimum Gasteiger partial charge on any atom is -0.448 e. The number of carbonyl (C=O) groups is 2. The van der Waals surface area contributed by atoms with Crippen molar-refractivity contribution in [3.8, 4) is 0 Å². The van der Waals surface area contributed by atoms with Crippen LogP contribution in [0.1, 0.15) is 6.92 Å². The lowest BCUT2D eigenvalue weighted by Gasteiger charge is -2.25. The molecule has 0 heterocycles. The SMILES string of the molecule is C=C(C)C(=O)O[C@@H](C=O)[C@@H](O)[C@@H](O)[C@H](O)CO. The smallest absolute Gasteiger partial charge is 0.333 e. The van der Waals surface area contributed by atoms with E-state index in [0.29, 0.717) is 0 Å². The van der Waals surface area contributed by atoms with E-state index in [1.807, 2.05) is 0 Å². The van der Waals surface area contributed by atoms with Crippen molar-refractivity contribution in [2.75, 3.05) is 6.61 Å². The molecule has 98 valence electrons. The highest BCUT2D eigenvalue weighted by Gasteiger charge is 2.33. The van der Waals surface area contributed by atoms with Crippen LogP contribution < -0.4 is 0 Å². The maximum Gasteiger partial charge on any atom is 0.333 e. The lowest BCUT2D eigenvalue weighted by atomic mass is 10.0. The van der Waals surface area contributed by atoms with Gasteiger partial charge in [0.1, 0.15) is 18.3 Å². The molecule has 7 nitrogen and oxygen atoms in total. The van der Waals surface area contributed by atoms with E-state index in [-0.39, 0.29) is 11.9 Å². The number of esters is 1. The second-order valence-corrected chi connectivity index (χ2v) is 3.52. The summed E-state index contributed by atoms with van der Waals surface area (Å²) >= 11 is 0. The van der Waals surface area contributed by atoms with Crippen LogP contribution in [0.4, 0.5) is 0 Å². The molecule has 7 heteroatoms. The molecular formula is C10H16O7. The molecule has 0 aliphatic rings. The minimum atomic E-state index is -1.84. The molecule has 0 saturated carbocycles. The van der Waals surface area contributed by atoms with Crippen LogP contribution in [-0.2, 0) is 14.3 Å². The van der Waals surface area contributed by atoms with Crippen molar-refractivity contribution in [1.29, 1.82) is 0 Å². The fourth-order valence-corrected chi connectivity index (χ4v) is 0.932. The van der Waals surface area contributed by atoms with Gasteiger partial charge in [-0.1, -0.05) is 6.58 Å². The number of rotatable bonds is 7. The van der Waals surface area contributed by atoms with Crippen molar-refractivity contribution in [3.63, 3.8) is 0 Å². The highest BCUT2D eigenvalue weighted by molar-refractivity contribution is 5.88. The van der Waals surface area contributed by atoms with Gasteiger partial charge in [-0.25, -0.2) is 4.79 Å². The van der Waals surface area contributed by atoms with Crippen molar-refractivity contribution >= 4 is 12.3 Å². The third-order valence-electron chi connectivity index (χ3n) is 1.99. The van der Waals surface area contributed by atoms with Crippen molar-refractivity contribution in [2.45, 2.75) is 31.3 Å². The van der Waals surface area contributed by atoms with Crippen LogP contribution in [0.15, 0.2) is 12.2 Å². The van der Waals surface area contributed by atoms with Crippen molar-refractivity contribution < 1.29 is 34.8 Å². The Hall–Kier alpha value is -1.28. The van der Waals surface area contributed by atoms with Crippen molar-refractivity contribution in [1.82, 2.24) is 0 Å². The van der Waals surface area contributed by atoms with Gasteiger partial charge < -0.3 is 25.2 Å². The molecule has 0 bridgehead atoms. The molecule has 0 unspecified atom stereocenters. The molecule has 0 rings (SSSR count). The van der Waals surface area contributed by atoms with Crippen LogP contribution in [0.3, 0.4) is 0 Å². The number of ether oxygens (including phenoxy) is 1. The largest absolute Gasteiger partial charge is 0.448 e. The second-order valence-electron chi connectivity index (χ2n) is 3.52. The summed E-state index contributed by atoms with van der Waals surface area (Å²) < 4.78 is 4.53. The van der Waals surface area contributed by atoms with E-state index in [0.717, 1.165) is 0 Å². The van der Waals surface area contributed by atoms with E-state index >= 15 is 0 Å². The normalized spacial score (nSPS) is 17.7. The number of carbonyl (C=O) groups excluding carboxylic acids is 2. The molecule has 0 aliphatic carbocycles. The van der Waals surface area contributed by atoms with E-state index in [1.165, 1.54) is 6.92 Å². The molecule has 0 aromatic rings. The van der Waals surface area contributed by atoms with E-state index in [1.54, 1.807) is 0 Å². The van der Waals surface area contributed by atoms with Gasteiger partial charge in [0.05, 0.1) is 6.61 Å². The molecule has 0 amide bonds. The lowest BCUT2D eigenvalue weighted by Crippen LogP contribution is -2.48. The number of aldehydes is 1. The third-order valence-corrected chi connectivity index (χ3v) is 1.99. The molecule has 4 atom stereocenters. The summed E-state index contributed by atoms with van der Waals surface area (Å²) in [6.45, 7) is 3.81. The first-order valence-corrected chi connectivity index (χ1v) is 4.82. The molecule has 4 N–H and O–H groups in total. The first kappa shape index (κ1) is 15.7. The summed E-state index contributed by atoms with van der Waals surface area (Å²) in [6, 6.07) is 0. The van der Waals surface area contributed by atoms with E-state index in [9.17, 15) is 19.8 Å². The van der Waals surface area contributed by atoms with Gasteiger partial charge in [-0.3, -0.25) is 4.79 Å². The van der Waals surface area contributed by atoms with E-state index < -0.39 is 37.0 Å². The predicted molar refractivity (Wildman–Crippen MR) is 55.9 cm³/mol. The van der Waals surface area contributed by atoms with Gasteiger partial charge >= 0.3 is 5.97 Å². The van der Waals surface area contributed by atoms with Gasteiger partial charge in [-0.15, -0.1) is 0 Å². The van der Waals surface area contributed by atoms with Gasteiger partial charge in [0.15, 0.2) is 12.4 Å². The quantitative estimate of drug-likeness (QED) is 0.228. The first-order valence-electron chi connectivity index (χ1n) is 4.82. The minimum absolute atomic E-state index is 0.0150. The molecule has 0 saturated heterocycles. The van der Waals surface area contributed by atoms with Crippen molar-refractivity contribution in [2.24, 2.45) is 0 Å². The van der Waals surface area contributed by atoms with Crippen LogP contribution >= 0.6 is 0 Å². The Labute approximate surface area is 97.9 Å². The number of hydrogen-bond acceptors (Lipinski definition) is 7. The van der Waals surface area contributed by atoms with Crippen LogP contribution in [0.5, 0.6) is 0 Å². The summed E-state index contributed by atoms with van der Waals surface area (Å²) in [5.41, 5.74) is 0.0150. The maximum absolute atomic E-state index is 11.1. The van der Waals surface area contributed by atoms with Crippen LogP contribution in [0.2, 0.25) is 0 Å². The third kappa shape index (κ3) is 4.61. The summed E-state index contributed by atoms with van der Waals surface area (Å²) in [6.07, 6.45) is -6.82. The highest BCUT2D eigenvalue weighted by Crippen LogP contribution is 2.08. The second kappa shape index (κ2) is 7.13. The van der Waals surface area contributed by atoms with Gasteiger partial charge in [0, 0.05) is 5.57 Å². The van der Waals surface area contributed by atoms with Crippen LogP contribution in [0, 0.1) is 0 Å². The van der Waals surface area contributed by atoms with Crippen molar-refractivity contribution in [3.05, 3.63) is 12.2 Å². The van der Waals surface area contributed by atoms with Gasteiger partial charge in [0.2, 0.25) is 0 Å². The summed E-state index contributed by atoms with van der Waals surface area (Å²) in [7, 11) is 0. The average molecular weight is 248 g/mol. The standard InChI is InChI=1S/C10H16O7/c1-5(2)10(16)17-7(4-12)9(15)8(14)6(13)3-11/h4,6-9,11,13-15H,1,3H2,2H3/t6-,7+,8+,9-/m1/s1. The Morgan fingerprint density at radius 2 is 1.88 bits per heavy atom. The fraction of sp³-hybridized carbons (Fsp3) is 0.600. The molecule has 0 spiro atoms. The summed E-state index contributed by atoms with van der Waals surface area (Å²) in [5.74, 6) is -0.910. The average Bonchev–Trinajstić information content (AvgIpc) is 2.32. The summed E-state index contributed by atoms with van der Waals surface area (Å²) in [4.78, 5) is 21.7. The predicted octanol–water partition coefficient (Wildman–Crippen LogP) is -2.25. The Kier molecular flexibility index (Phi) is 6.59. The topological polar surface area (TPSA) is 124 Å². The monoisotopic (exact) mass is 248 g/mol. The molecule has 0 aliphatic heterocycles. The van der Waals surface area contributed by atoms with E-state index in [2.05, 4.69) is 11.3 Å². The molecule has 0 aromatic carbocycles. The van der Waals surface area contributed by atoms with Gasteiger partial charge in [0.25, 0.3) is 0 Å². The Balaban J connectivity index is 4.60. The van der Waals surface area contributed by atoms with Crippen LogP contribution in [0.25, 0.3) is 0 Å². The molecule has 0 radical (unpaired) electrons. The first-order chi connectivity index (χ1) is 7.84. The Morgan fingerprint density at radius 1 is 1.35 bits per heavy atom. The zero-order valence-corrected chi connectivity index (χ0v) is 9.31. The number of hydrogen-bond donors (Lipinski definition) is 4. The Morgan fingerprint density at radius 3 is 2.24 bits per heavy atom. The van der Waals surface area contributed by atoms with Gasteiger partial charge in [-0.05, 0) is 6.92 Å². The van der Waals surface area contributed by atoms with Crippen LogP contribution in [-0.4, -0.2) is 63.7 Å². The zero-order chi connectivity index (χ0) is 13.6. The Bertz CT molecular complexity index is 288. The number of aliphatic hydroxyl groups is 4. The molecule has 0 aromatic heterocycles. The van der Waals surface area contributed by atoms with E-state index in [4.69, 9.17) is 10.2 Å². The highest BCUT2D eigenvalue weighted by atomic mass is 16.6. The fourth-order valence-electron chi connectivity index (χ4n) is 0.932. The number of aliphatic hydroxyl groups excluding tert-OH is 4. The summed E-state index contributed by atoms with van der Waals surface area (Å²) in [5, 5.41) is 36.4. The lowest BCUT2D eigenvalue weighted by molar-refractivity contribution is -0.164. The maximum atomic E-state index is 11.1.